The molecule has 1 aromatic carbocycles. The third-order valence-corrected chi connectivity index (χ3v) is 12.1. The number of aliphatic imine (C=N–C) groups is 1. The van der Waals surface area contributed by atoms with E-state index in [0.717, 1.165) is 24.1 Å². The molecular weight excluding hydrogens is 670 g/mol. The quantitative estimate of drug-likeness (QED) is 0.388. The zero-order valence-electron chi connectivity index (χ0n) is 28.3. The van der Waals surface area contributed by atoms with Gasteiger partial charge in [-0.25, -0.2) is 13.2 Å². The van der Waals surface area contributed by atoms with E-state index < -0.39 is 67.7 Å². The first kappa shape index (κ1) is 35.4. The molecule has 5 atom stereocenters. The highest BCUT2D eigenvalue weighted by Crippen LogP contribution is 2.48. The van der Waals surface area contributed by atoms with Crippen LogP contribution in [0.25, 0.3) is 0 Å². The van der Waals surface area contributed by atoms with Crippen LogP contribution >= 0.6 is 11.6 Å². The highest BCUT2D eigenvalue weighted by Gasteiger charge is 2.62. The summed E-state index contributed by atoms with van der Waals surface area (Å²) in [6.45, 7) is 5.82. The number of hydrogen-bond donors (Lipinski definition) is 3. The number of amides is 4. The van der Waals surface area contributed by atoms with Gasteiger partial charge >= 0.3 is 6.09 Å². The van der Waals surface area contributed by atoms with Gasteiger partial charge < -0.3 is 20.3 Å². The number of ether oxygens (including phenoxy) is 1. The van der Waals surface area contributed by atoms with Gasteiger partial charge in [0.1, 0.15) is 23.2 Å². The minimum Gasteiger partial charge on any atom is -0.444 e. The number of carbonyl (C=O) groups excluding carboxylic acids is 4. The van der Waals surface area contributed by atoms with Crippen molar-refractivity contribution >= 4 is 51.2 Å². The maximum absolute atomic E-state index is 14.5. The zero-order chi connectivity index (χ0) is 35.2. The summed E-state index contributed by atoms with van der Waals surface area (Å²) in [6, 6.07) is 5.48. The lowest BCUT2D eigenvalue weighted by molar-refractivity contribution is -0.141. The first-order valence-corrected chi connectivity index (χ1v) is 19.2. The number of fused-ring (bicyclic) bond motifs is 2. The predicted octanol–water partition coefficient (Wildman–Crippen LogP) is 4.02. The number of carbonyl (C=O) groups is 4. The molecule has 3 heterocycles. The van der Waals surface area contributed by atoms with E-state index in [1.54, 1.807) is 26.8 Å². The van der Waals surface area contributed by atoms with E-state index in [2.05, 4.69) is 15.4 Å². The second-order valence-electron chi connectivity index (χ2n) is 15.3. The molecule has 14 heteroatoms. The van der Waals surface area contributed by atoms with Gasteiger partial charge in [-0.05, 0) is 89.8 Å². The van der Waals surface area contributed by atoms with Crippen LogP contribution in [0, 0.1) is 11.3 Å². The van der Waals surface area contributed by atoms with Crippen LogP contribution in [0.5, 0.6) is 0 Å². The Morgan fingerprint density at radius 2 is 1.88 bits per heavy atom. The highest BCUT2D eigenvalue weighted by molar-refractivity contribution is 7.91. The zero-order valence-corrected chi connectivity index (χ0v) is 29.9. The second-order valence-corrected chi connectivity index (χ2v) is 17.7. The lowest BCUT2D eigenvalue weighted by Gasteiger charge is -2.31. The normalized spacial score (nSPS) is 31.4. The minimum atomic E-state index is -3.86. The van der Waals surface area contributed by atoms with E-state index in [1.165, 1.54) is 4.90 Å². The molecule has 266 valence electrons. The summed E-state index contributed by atoms with van der Waals surface area (Å²) >= 11 is 6.27. The van der Waals surface area contributed by atoms with Crippen LogP contribution in [0.15, 0.2) is 41.4 Å². The maximum Gasteiger partial charge on any atom is 0.408 e. The van der Waals surface area contributed by atoms with E-state index in [-0.39, 0.29) is 25.3 Å². The first-order valence-electron chi connectivity index (χ1n) is 17.2. The molecule has 0 bridgehead atoms. The van der Waals surface area contributed by atoms with Crippen LogP contribution in [0.2, 0.25) is 5.02 Å². The Morgan fingerprint density at radius 3 is 2.59 bits per heavy atom. The van der Waals surface area contributed by atoms with Crippen LogP contribution in [0.3, 0.4) is 0 Å². The third kappa shape index (κ3) is 7.98. The molecule has 1 spiro atoms. The molecule has 3 N–H and O–H groups in total. The number of benzene rings is 1. The van der Waals surface area contributed by atoms with Crippen molar-refractivity contribution in [3.63, 3.8) is 0 Å². The Balaban J connectivity index is 1.30. The fourth-order valence-corrected chi connectivity index (χ4v) is 8.83. The second kappa shape index (κ2) is 13.4. The molecule has 49 heavy (non-hydrogen) atoms. The van der Waals surface area contributed by atoms with Crippen LogP contribution in [0.1, 0.15) is 90.5 Å². The van der Waals surface area contributed by atoms with Crippen molar-refractivity contribution in [3.8, 4) is 0 Å². The van der Waals surface area contributed by atoms with Gasteiger partial charge in [-0.3, -0.25) is 24.1 Å². The summed E-state index contributed by atoms with van der Waals surface area (Å²) in [5.74, 6) is -2.09. The number of alkyl carbamates (subject to hydrolysis) is 1. The van der Waals surface area contributed by atoms with Gasteiger partial charge in [0.15, 0.2) is 0 Å². The topological polar surface area (TPSA) is 163 Å². The van der Waals surface area contributed by atoms with Crippen LogP contribution in [-0.2, 0) is 29.1 Å². The van der Waals surface area contributed by atoms with Crippen LogP contribution in [-0.4, -0.2) is 84.4 Å². The number of allylic oxidation sites excluding steroid dienone is 1. The number of hydrogen-bond acceptors (Lipinski definition) is 8. The highest BCUT2D eigenvalue weighted by atomic mass is 35.5. The van der Waals surface area contributed by atoms with E-state index >= 15 is 0 Å². The minimum absolute atomic E-state index is 0.211. The van der Waals surface area contributed by atoms with Crippen molar-refractivity contribution in [2.75, 3.05) is 13.1 Å². The Morgan fingerprint density at radius 1 is 1.10 bits per heavy atom. The van der Waals surface area contributed by atoms with Gasteiger partial charge in [-0.15, -0.1) is 0 Å². The smallest absolute Gasteiger partial charge is 0.408 e. The maximum atomic E-state index is 14.5. The van der Waals surface area contributed by atoms with Crippen molar-refractivity contribution in [1.29, 1.82) is 0 Å². The average molecular weight is 716 g/mol. The molecule has 0 radical (unpaired) electrons. The SMILES string of the molecule is CC(C)(C)OC(=O)NC1CCCCC/C=C\C2CC2(C(=O)NS(=O)(=O)C2CC2)NC(=O)C2CC3(CN=C(c4cccc(Cl)c4)C3)CN2C1=O. The average Bonchev–Trinajstić information content (AvgIpc) is 3.92. The van der Waals surface area contributed by atoms with Gasteiger partial charge in [0.2, 0.25) is 21.8 Å². The van der Waals surface area contributed by atoms with E-state index in [0.29, 0.717) is 50.1 Å². The number of nitrogens with zero attached hydrogens (tertiary/aromatic N) is 2. The molecule has 6 rings (SSSR count). The molecule has 12 nitrogen and oxygen atoms in total. The van der Waals surface area contributed by atoms with Crippen molar-refractivity contribution in [2.24, 2.45) is 16.3 Å². The molecule has 5 unspecified atom stereocenters. The third-order valence-electron chi connectivity index (χ3n) is 10.1. The lowest BCUT2D eigenvalue weighted by atomic mass is 9.81. The molecule has 5 aliphatic rings. The molecule has 1 saturated heterocycles. The summed E-state index contributed by atoms with van der Waals surface area (Å²) in [4.78, 5) is 61.8. The van der Waals surface area contributed by atoms with E-state index in [1.807, 2.05) is 30.4 Å². The molecule has 3 aliphatic heterocycles. The van der Waals surface area contributed by atoms with E-state index in [9.17, 15) is 27.6 Å². The Hall–Kier alpha value is -3.45. The standard InChI is InChI=1S/C35H46ClN5O7S/c1-33(2,3)48-32(45)38-26-13-8-6-4-5-7-11-23-17-35(23,31(44)40-49(46,47)25-14-15-25)39-29(42)28-19-34(21-41(28)30(26)43)18-27(37-20-34)22-10-9-12-24(36)16-22/h7,9-12,16,23,25-26,28H,4-6,8,13-15,17-21H2,1-3H3,(H,38,45)(H,39,42)(H,40,44)/b11-7-. The van der Waals surface area contributed by atoms with Crippen molar-refractivity contribution in [3.05, 3.63) is 47.0 Å². The monoisotopic (exact) mass is 715 g/mol. The van der Waals surface area contributed by atoms with Gasteiger partial charge in [0.05, 0.1) is 5.25 Å². The summed E-state index contributed by atoms with van der Waals surface area (Å²) < 4.78 is 33.3. The largest absolute Gasteiger partial charge is 0.444 e. The fraction of sp³-hybridized carbons (Fsp3) is 0.629. The van der Waals surface area contributed by atoms with Crippen molar-refractivity contribution in [1.82, 2.24) is 20.3 Å². The number of halogens is 1. The van der Waals surface area contributed by atoms with Crippen LogP contribution in [0.4, 0.5) is 4.79 Å². The Bertz CT molecular complexity index is 1690. The number of nitrogens with one attached hydrogen (secondary N) is 3. The summed E-state index contributed by atoms with van der Waals surface area (Å²) in [5.41, 5.74) is -1.10. The fourth-order valence-electron chi connectivity index (χ4n) is 7.28. The molecule has 3 fully saturated rings. The van der Waals surface area contributed by atoms with Gasteiger partial charge in [-0.1, -0.05) is 48.7 Å². The molecule has 2 saturated carbocycles. The lowest BCUT2D eigenvalue weighted by Crippen LogP contribution is -2.58. The van der Waals surface area contributed by atoms with Crippen molar-refractivity contribution in [2.45, 2.75) is 113 Å². The van der Waals surface area contributed by atoms with Gasteiger partial charge in [0, 0.05) is 35.2 Å². The molecule has 2 aliphatic carbocycles. The predicted molar refractivity (Wildman–Crippen MR) is 184 cm³/mol. The summed E-state index contributed by atoms with van der Waals surface area (Å²) in [5, 5.41) is 5.67. The van der Waals surface area contributed by atoms with Gasteiger partial charge in [0.25, 0.3) is 5.91 Å². The van der Waals surface area contributed by atoms with Crippen molar-refractivity contribution < 1.29 is 32.3 Å². The summed E-state index contributed by atoms with van der Waals surface area (Å²) in [7, 11) is -3.86. The molecule has 1 aromatic rings. The Kier molecular flexibility index (Phi) is 9.64. The first-order chi connectivity index (χ1) is 23.1. The molecule has 0 aromatic heterocycles. The molecular formula is C35H46ClN5O7S. The van der Waals surface area contributed by atoms with E-state index in [4.69, 9.17) is 21.3 Å². The van der Waals surface area contributed by atoms with Crippen LogP contribution < -0.4 is 15.4 Å². The van der Waals surface area contributed by atoms with Gasteiger partial charge in [-0.2, -0.15) is 0 Å². The number of rotatable bonds is 5. The number of sulfonamides is 1. The molecule has 4 amide bonds. The summed E-state index contributed by atoms with van der Waals surface area (Å²) in [6.07, 6.45) is 8.48. The Labute approximate surface area is 292 Å².